The quantitative estimate of drug-likeness (QED) is 0.496. The van der Waals surface area contributed by atoms with Crippen molar-refractivity contribution in [3.05, 3.63) is 0 Å². The first-order valence-corrected chi connectivity index (χ1v) is 8.71. The Morgan fingerprint density at radius 1 is 1.06 bits per heavy atom. The van der Waals surface area contributed by atoms with Crippen LogP contribution in [0, 0.1) is 0 Å². The molecule has 0 N–H and O–H groups in total. The Labute approximate surface area is 97.9 Å². The fourth-order valence-electron chi connectivity index (χ4n) is 1.02. The van der Waals surface area contributed by atoms with Crippen LogP contribution < -0.4 is 0 Å². The summed E-state index contributed by atoms with van der Waals surface area (Å²) in [5.74, 6) is 0. The van der Waals surface area contributed by atoms with Crippen molar-refractivity contribution >= 4 is 15.3 Å². The zero-order valence-electron chi connectivity index (χ0n) is 10.9. The molecule has 0 aliphatic carbocycles. The highest BCUT2D eigenvalue weighted by atomic mass is 28.4. The molecule has 0 heterocycles. The van der Waals surface area contributed by atoms with Gasteiger partial charge < -0.3 is 17.4 Å². The van der Waals surface area contributed by atoms with Crippen molar-refractivity contribution in [1.82, 2.24) is 0 Å². The summed E-state index contributed by atoms with van der Waals surface area (Å²) >= 11 is 0. The van der Waals surface area contributed by atoms with Gasteiger partial charge in [-0.1, -0.05) is 33.5 Å². The molecule has 0 rings (SSSR count). The topological polar surface area (TPSA) is 9.23 Å². The second-order valence-electron chi connectivity index (χ2n) is 5.81. The second-order valence-corrected chi connectivity index (χ2v) is 10.6. The van der Waals surface area contributed by atoms with Crippen molar-refractivity contribution in [2.75, 3.05) is 6.61 Å². The number of hydrogen-bond donors (Lipinski definition) is 0. The summed E-state index contributed by atoms with van der Waals surface area (Å²) in [7, 11) is -1.78. The van der Waals surface area contributed by atoms with Crippen LogP contribution in [0.25, 0.3) is 0 Å². The van der Waals surface area contributed by atoms with E-state index in [0.717, 1.165) is 0 Å². The normalized spacial score (nSPS) is 14.2. The number of unbranched alkanes of at least 4 members (excludes halogenated alkanes) is 1. The Hall–Kier alpha value is 0.0318. The molecule has 0 amide bonds. The fraction of sp³-hybridized carbons (Fsp3) is 1.00. The summed E-state index contributed by atoms with van der Waals surface area (Å²) < 4.78 is 41.6. The van der Waals surface area contributed by atoms with E-state index >= 15 is 0 Å². The summed E-state index contributed by atoms with van der Waals surface area (Å²) in [6, 6.07) is 0. The molecule has 0 saturated heterocycles. The van der Waals surface area contributed by atoms with Crippen LogP contribution in [0.4, 0.5) is 12.9 Å². The molecule has 16 heavy (non-hydrogen) atoms. The highest BCUT2D eigenvalue weighted by molar-refractivity contribution is 6.74. The fourth-order valence-corrected chi connectivity index (χ4v) is 2.11. The van der Waals surface area contributed by atoms with Crippen LogP contribution in [0.15, 0.2) is 0 Å². The SMILES string of the molecule is CC(C)(C)[Si](C)(C)OCCCC[B-](F)(F)F. The van der Waals surface area contributed by atoms with Gasteiger partial charge in [0.1, 0.15) is 0 Å². The lowest BCUT2D eigenvalue weighted by molar-refractivity contribution is 0.279. The molecule has 98 valence electrons. The van der Waals surface area contributed by atoms with Crippen LogP contribution in [0.2, 0.25) is 24.5 Å². The van der Waals surface area contributed by atoms with Gasteiger partial charge in [-0.15, -0.1) is 0 Å². The molecular weight excluding hydrogens is 232 g/mol. The lowest BCUT2D eigenvalue weighted by Crippen LogP contribution is -2.41. The third-order valence-electron chi connectivity index (χ3n) is 3.19. The van der Waals surface area contributed by atoms with Gasteiger partial charge in [-0.05, 0) is 24.6 Å². The van der Waals surface area contributed by atoms with E-state index in [-0.39, 0.29) is 11.5 Å². The van der Waals surface area contributed by atoms with E-state index in [2.05, 4.69) is 33.9 Å². The van der Waals surface area contributed by atoms with Crippen molar-refractivity contribution in [2.45, 2.75) is 58.1 Å². The molecule has 0 fully saturated rings. The Bertz CT molecular complexity index is 211. The molecule has 0 aromatic carbocycles. The molecule has 0 aromatic heterocycles. The standard InChI is InChI=1S/C10H23BF3OSi/c1-10(2,3)16(4,5)15-9-7-6-8-11(12,13)14/h6-9H2,1-5H3/q-1. The highest BCUT2D eigenvalue weighted by Crippen LogP contribution is 2.36. The Balaban J connectivity index is 3.75. The monoisotopic (exact) mass is 255 g/mol. The minimum atomic E-state index is -4.62. The predicted octanol–water partition coefficient (Wildman–Crippen LogP) is 4.64. The van der Waals surface area contributed by atoms with E-state index in [4.69, 9.17) is 4.43 Å². The van der Waals surface area contributed by atoms with Crippen LogP contribution in [0.5, 0.6) is 0 Å². The highest BCUT2D eigenvalue weighted by Gasteiger charge is 2.36. The van der Waals surface area contributed by atoms with Gasteiger partial charge in [0.25, 0.3) is 0 Å². The predicted molar refractivity (Wildman–Crippen MR) is 66.3 cm³/mol. The molecule has 0 aromatic rings. The van der Waals surface area contributed by atoms with Gasteiger partial charge in [0.2, 0.25) is 0 Å². The minimum Gasteiger partial charge on any atom is -0.449 e. The van der Waals surface area contributed by atoms with Crippen molar-refractivity contribution in [1.29, 1.82) is 0 Å². The average molecular weight is 255 g/mol. The lowest BCUT2D eigenvalue weighted by atomic mass is 9.84. The third kappa shape index (κ3) is 6.58. The third-order valence-corrected chi connectivity index (χ3v) is 7.73. The molecule has 0 saturated carbocycles. The maximum atomic E-state index is 11.9. The van der Waals surface area contributed by atoms with Gasteiger partial charge >= 0.3 is 6.98 Å². The number of rotatable bonds is 6. The molecule has 6 heteroatoms. The second kappa shape index (κ2) is 5.58. The van der Waals surface area contributed by atoms with E-state index < -0.39 is 21.6 Å². The lowest BCUT2D eigenvalue weighted by Gasteiger charge is -2.36. The van der Waals surface area contributed by atoms with Gasteiger partial charge in [-0.3, -0.25) is 0 Å². The summed E-state index contributed by atoms with van der Waals surface area (Å²) in [5.41, 5.74) is 0. The van der Waals surface area contributed by atoms with E-state index in [1.165, 1.54) is 0 Å². The Kier molecular flexibility index (Phi) is 5.59. The Morgan fingerprint density at radius 3 is 1.94 bits per heavy atom. The first kappa shape index (κ1) is 16.0. The molecule has 0 bridgehead atoms. The van der Waals surface area contributed by atoms with Crippen LogP contribution in [0.1, 0.15) is 33.6 Å². The molecular formula is C10H23BF3OSi-. The zero-order chi connectivity index (χ0) is 13.0. The van der Waals surface area contributed by atoms with Gasteiger partial charge in [0.15, 0.2) is 8.32 Å². The van der Waals surface area contributed by atoms with Crippen LogP contribution in [0.3, 0.4) is 0 Å². The molecule has 0 aliphatic heterocycles. The zero-order valence-corrected chi connectivity index (χ0v) is 11.9. The maximum absolute atomic E-state index is 11.9. The first-order valence-electron chi connectivity index (χ1n) is 5.81. The molecule has 0 spiro atoms. The maximum Gasteiger partial charge on any atom is 0.478 e. The summed E-state index contributed by atoms with van der Waals surface area (Å²) in [4.78, 5) is 0. The molecule has 0 aliphatic rings. The molecule has 0 unspecified atom stereocenters. The Morgan fingerprint density at radius 2 is 1.56 bits per heavy atom. The van der Waals surface area contributed by atoms with Crippen molar-refractivity contribution in [3.63, 3.8) is 0 Å². The van der Waals surface area contributed by atoms with Crippen LogP contribution in [-0.2, 0) is 4.43 Å². The van der Waals surface area contributed by atoms with Gasteiger partial charge in [0, 0.05) is 6.61 Å². The van der Waals surface area contributed by atoms with E-state index in [9.17, 15) is 12.9 Å². The first-order chi connectivity index (χ1) is 6.96. The van der Waals surface area contributed by atoms with Crippen LogP contribution in [-0.4, -0.2) is 21.9 Å². The molecule has 0 radical (unpaired) electrons. The average Bonchev–Trinajstić information content (AvgIpc) is 1.98. The van der Waals surface area contributed by atoms with Gasteiger partial charge in [0.05, 0.1) is 0 Å². The summed E-state index contributed by atoms with van der Waals surface area (Å²) in [6.45, 7) is 6.44. The number of halogens is 3. The van der Waals surface area contributed by atoms with Crippen molar-refractivity contribution in [2.24, 2.45) is 0 Å². The number of hydrogen-bond acceptors (Lipinski definition) is 1. The van der Waals surface area contributed by atoms with Crippen molar-refractivity contribution < 1.29 is 17.4 Å². The van der Waals surface area contributed by atoms with Crippen molar-refractivity contribution in [3.8, 4) is 0 Å². The van der Waals surface area contributed by atoms with E-state index in [0.29, 0.717) is 13.0 Å². The van der Waals surface area contributed by atoms with E-state index in [1.54, 1.807) is 0 Å². The van der Waals surface area contributed by atoms with Gasteiger partial charge in [-0.25, -0.2) is 0 Å². The molecule has 0 atom stereocenters. The van der Waals surface area contributed by atoms with Crippen LogP contribution >= 0.6 is 0 Å². The van der Waals surface area contributed by atoms with Gasteiger partial charge in [-0.2, -0.15) is 0 Å². The summed E-state index contributed by atoms with van der Waals surface area (Å²) in [6.07, 6.45) is 0.0623. The summed E-state index contributed by atoms with van der Waals surface area (Å²) in [5, 5.41) is 0.126. The molecule has 1 nitrogen and oxygen atoms in total. The van der Waals surface area contributed by atoms with E-state index in [1.807, 2.05) is 0 Å². The minimum absolute atomic E-state index is 0.126. The largest absolute Gasteiger partial charge is 0.478 e. The smallest absolute Gasteiger partial charge is 0.449 e.